The van der Waals surface area contributed by atoms with E-state index >= 15 is 0 Å². The van der Waals surface area contributed by atoms with E-state index in [1.54, 1.807) is 31.2 Å². The second-order valence-corrected chi connectivity index (χ2v) is 11.3. The van der Waals surface area contributed by atoms with Crippen LogP contribution in [0.3, 0.4) is 0 Å². The second kappa shape index (κ2) is 16.3. The molecule has 5 N–H and O–H groups in total. The van der Waals surface area contributed by atoms with Crippen molar-refractivity contribution in [3.63, 3.8) is 0 Å². The molecule has 0 aromatic carbocycles. The van der Waals surface area contributed by atoms with Crippen LogP contribution in [0.2, 0.25) is 0 Å². The average Bonchev–Trinajstić information content (AvgIpc) is 2.85. The molecule has 1 aliphatic heterocycles. The van der Waals surface area contributed by atoms with Gasteiger partial charge in [-0.1, -0.05) is 52.0 Å². The van der Waals surface area contributed by atoms with Crippen LogP contribution in [0.4, 0.5) is 0 Å². The van der Waals surface area contributed by atoms with Crippen molar-refractivity contribution < 1.29 is 44.6 Å². The van der Waals surface area contributed by atoms with Gasteiger partial charge in [0, 0.05) is 18.8 Å². The topological polar surface area (TPSA) is 154 Å². The molecule has 1 aliphatic rings. The van der Waals surface area contributed by atoms with Crippen LogP contribution in [0.25, 0.3) is 0 Å². The van der Waals surface area contributed by atoms with Gasteiger partial charge in [0.1, 0.15) is 17.8 Å². The first-order valence-corrected chi connectivity index (χ1v) is 13.9. The Labute approximate surface area is 233 Å². The summed E-state index contributed by atoms with van der Waals surface area (Å²) in [5.74, 6) is -1.98. The molecule has 224 valence electrons. The molecule has 0 saturated heterocycles. The van der Waals surface area contributed by atoms with E-state index in [2.05, 4.69) is 0 Å². The monoisotopic (exact) mass is 554 g/mol. The molecule has 39 heavy (non-hydrogen) atoms. The smallest absolute Gasteiger partial charge is 0.309 e. The molecule has 1 rings (SSSR count). The number of rotatable bonds is 10. The van der Waals surface area contributed by atoms with Crippen LogP contribution < -0.4 is 0 Å². The van der Waals surface area contributed by atoms with E-state index < -0.39 is 60.1 Å². The number of cyclic esters (lactones) is 1. The second-order valence-electron chi connectivity index (χ2n) is 11.3. The molecular formula is C30H50O9. The molecule has 0 fully saturated rings. The van der Waals surface area contributed by atoms with Crippen molar-refractivity contribution in [3.05, 3.63) is 36.0 Å². The zero-order valence-corrected chi connectivity index (χ0v) is 24.5. The molecule has 0 radical (unpaired) electrons. The molecule has 0 bridgehead atoms. The summed E-state index contributed by atoms with van der Waals surface area (Å²) >= 11 is 0. The van der Waals surface area contributed by atoms with E-state index in [0.29, 0.717) is 12.8 Å². The van der Waals surface area contributed by atoms with Gasteiger partial charge < -0.3 is 35.0 Å². The molecule has 10 atom stereocenters. The van der Waals surface area contributed by atoms with Gasteiger partial charge in [0.15, 0.2) is 0 Å². The zero-order chi connectivity index (χ0) is 29.9. The first kappa shape index (κ1) is 35.0. The van der Waals surface area contributed by atoms with Crippen molar-refractivity contribution in [1.29, 1.82) is 0 Å². The lowest BCUT2D eigenvalue weighted by atomic mass is 9.88. The van der Waals surface area contributed by atoms with Crippen molar-refractivity contribution in [2.75, 3.05) is 0 Å². The van der Waals surface area contributed by atoms with E-state index in [1.165, 1.54) is 13.8 Å². The molecule has 9 heteroatoms. The van der Waals surface area contributed by atoms with Crippen LogP contribution in [0, 0.1) is 17.8 Å². The molecular weight excluding hydrogens is 504 g/mol. The Morgan fingerprint density at radius 1 is 1.21 bits per heavy atom. The largest absolute Gasteiger partial charge is 0.457 e. The van der Waals surface area contributed by atoms with E-state index in [4.69, 9.17) is 9.47 Å². The number of carbonyl (C=O) groups excluding carboxylic acids is 2. The van der Waals surface area contributed by atoms with Crippen LogP contribution >= 0.6 is 0 Å². The van der Waals surface area contributed by atoms with Crippen molar-refractivity contribution in [2.45, 2.75) is 123 Å². The van der Waals surface area contributed by atoms with Gasteiger partial charge in [0.05, 0.1) is 30.8 Å². The summed E-state index contributed by atoms with van der Waals surface area (Å²) < 4.78 is 11.1. The fourth-order valence-corrected chi connectivity index (χ4v) is 4.67. The SMILES string of the molecule is CCC(O)C(C)C(O)C(O)CC(C)/C=C/C=C(\C)C1OC(=O)CC(O)CCC(C)(O)C(OC(C)=O)/C=C/C1C. The molecule has 9 nitrogen and oxygen atoms in total. The standard InChI is InChI=1S/C30H50O9/c1-8-24(33)21(5)28(36)25(34)16-18(2)10-9-11-19(3)29-20(4)12-13-26(38-22(6)31)30(7,37)15-14-23(32)17-27(35)39-29/h9-13,18,20-21,23-26,28-29,32-34,36-37H,8,14-17H2,1-7H3/b10-9+,13-12+,19-11+. The van der Waals surface area contributed by atoms with Gasteiger partial charge >= 0.3 is 11.9 Å². The predicted octanol–water partition coefficient (Wildman–Crippen LogP) is 2.98. The summed E-state index contributed by atoms with van der Waals surface area (Å²) in [6.07, 6.45) is 4.27. The minimum absolute atomic E-state index is 0.0808. The lowest BCUT2D eigenvalue weighted by molar-refractivity contribution is -0.157. The summed E-state index contributed by atoms with van der Waals surface area (Å²) in [5.41, 5.74) is -0.706. The van der Waals surface area contributed by atoms with Gasteiger partial charge in [0.2, 0.25) is 0 Å². The Morgan fingerprint density at radius 2 is 1.85 bits per heavy atom. The van der Waals surface area contributed by atoms with Gasteiger partial charge in [-0.2, -0.15) is 0 Å². The first-order valence-electron chi connectivity index (χ1n) is 13.9. The highest BCUT2D eigenvalue weighted by Gasteiger charge is 2.35. The van der Waals surface area contributed by atoms with Gasteiger partial charge in [-0.15, -0.1) is 0 Å². The Bertz CT molecular complexity index is 862. The van der Waals surface area contributed by atoms with Crippen LogP contribution in [0.5, 0.6) is 0 Å². The summed E-state index contributed by atoms with van der Waals surface area (Å²) in [4.78, 5) is 24.2. The third-order valence-electron chi connectivity index (χ3n) is 7.44. The molecule has 10 unspecified atom stereocenters. The van der Waals surface area contributed by atoms with Crippen molar-refractivity contribution >= 4 is 11.9 Å². The van der Waals surface area contributed by atoms with E-state index in [1.807, 2.05) is 33.8 Å². The number of hydrogen-bond donors (Lipinski definition) is 5. The quantitative estimate of drug-likeness (QED) is 0.156. The summed E-state index contributed by atoms with van der Waals surface area (Å²) in [5, 5.41) is 52.0. The van der Waals surface area contributed by atoms with Crippen molar-refractivity contribution in [1.82, 2.24) is 0 Å². The average molecular weight is 555 g/mol. The number of ether oxygens (including phenoxy) is 2. The number of allylic oxidation sites excluding steroid dienone is 3. The highest BCUT2D eigenvalue weighted by Crippen LogP contribution is 2.27. The van der Waals surface area contributed by atoms with Gasteiger partial charge in [-0.3, -0.25) is 9.59 Å². The summed E-state index contributed by atoms with van der Waals surface area (Å²) in [6.45, 7) is 11.9. The summed E-state index contributed by atoms with van der Waals surface area (Å²) in [6, 6.07) is 0. The van der Waals surface area contributed by atoms with Gasteiger partial charge in [-0.05, 0) is 57.1 Å². The minimum Gasteiger partial charge on any atom is -0.457 e. The first-order chi connectivity index (χ1) is 18.1. The maximum atomic E-state index is 12.6. The molecule has 0 spiro atoms. The van der Waals surface area contributed by atoms with E-state index in [-0.39, 0.29) is 31.1 Å². The molecule has 0 aromatic rings. The molecule has 0 saturated carbocycles. The van der Waals surface area contributed by atoms with E-state index in [0.717, 1.165) is 5.57 Å². The number of esters is 2. The lowest BCUT2D eigenvalue weighted by Gasteiger charge is -2.32. The zero-order valence-electron chi connectivity index (χ0n) is 24.5. The van der Waals surface area contributed by atoms with Crippen LogP contribution in [-0.4, -0.2) is 79.7 Å². The normalized spacial score (nSPS) is 32.2. The minimum atomic E-state index is -1.43. The Kier molecular flexibility index (Phi) is 14.6. The maximum Gasteiger partial charge on any atom is 0.309 e. The highest BCUT2D eigenvalue weighted by atomic mass is 16.6. The fraction of sp³-hybridized carbons (Fsp3) is 0.733. The van der Waals surface area contributed by atoms with Gasteiger partial charge in [-0.25, -0.2) is 0 Å². The Hall–Kier alpha value is -2.04. The fourth-order valence-electron chi connectivity index (χ4n) is 4.67. The lowest BCUT2D eigenvalue weighted by Crippen LogP contribution is -2.42. The molecule has 0 aromatic heterocycles. The highest BCUT2D eigenvalue weighted by molar-refractivity contribution is 5.70. The van der Waals surface area contributed by atoms with Crippen LogP contribution in [0.15, 0.2) is 36.0 Å². The molecule has 1 heterocycles. The Morgan fingerprint density at radius 3 is 2.44 bits per heavy atom. The third kappa shape index (κ3) is 11.9. The van der Waals surface area contributed by atoms with Crippen LogP contribution in [0.1, 0.15) is 80.6 Å². The van der Waals surface area contributed by atoms with Crippen LogP contribution in [-0.2, 0) is 19.1 Å². The van der Waals surface area contributed by atoms with E-state index in [9.17, 15) is 35.1 Å². The van der Waals surface area contributed by atoms with Gasteiger partial charge in [0.25, 0.3) is 0 Å². The predicted molar refractivity (Wildman–Crippen MR) is 148 cm³/mol. The Balaban J connectivity index is 3.07. The number of aliphatic hydroxyl groups is 5. The number of hydrogen-bond acceptors (Lipinski definition) is 9. The third-order valence-corrected chi connectivity index (χ3v) is 7.44. The molecule has 0 amide bonds. The number of carbonyl (C=O) groups is 2. The molecule has 0 aliphatic carbocycles. The van der Waals surface area contributed by atoms with Crippen molar-refractivity contribution in [2.24, 2.45) is 17.8 Å². The maximum absolute atomic E-state index is 12.6. The summed E-state index contributed by atoms with van der Waals surface area (Å²) in [7, 11) is 0. The number of aliphatic hydroxyl groups excluding tert-OH is 4. The van der Waals surface area contributed by atoms with Crippen molar-refractivity contribution in [3.8, 4) is 0 Å².